The van der Waals surface area contributed by atoms with Crippen molar-refractivity contribution in [2.45, 2.75) is 13.8 Å². The Hall–Kier alpha value is -3.74. The van der Waals surface area contributed by atoms with Gasteiger partial charge >= 0.3 is 5.97 Å². The molecule has 0 fully saturated rings. The van der Waals surface area contributed by atoms with Crippen molar-refractivity contribution in [3.63, 3.8) is 0 Å². The fourth-order valence-electron chi connectivity index (χ4n) is 3.44. The van der Waals surface area contributed by atoms with Crippen molar-refractivity contribution < 1.29 is 19.1 Å². The summed E-state index contributed by atoms with van der Waals surface area (Å²) in [5, 5.41) is 13.5. The molecule has 0 unspecified atom stereocenters. The second-order valence-electron chi connectivity index (χ2n) is 6.75. The highest BCUT2D eigenvalue weighted by molar-refractivity contribution is 6.06. The van der Waals surface area contributed by atoms with Gasteiger partial charge in [0.15, 0.2) is 5.76 Å². The number of H-pyrrole nitrogens is 1. The number of aromatic nitrogens is 1. The van der Waals surface area contributed by atoms with Gasteiger partial charge < -0.3 is 24.7 Å². The van der Waals surface area contributed by atoms with Crippen LogP contribution in [0.25, 0.3) is 21.9 Å². The van der Waals surface area contributed by atoms with E-state index in [-0.39, 0.29) is 17.4 Å². The number of carbonyl (C=O) groups is 2. The topological polar surface area (TPSA) is 98.6 Å². The van der Waals surface area contributed by atoms with Gasteiger partial charge in [0.2, 0.25) is 0 Å². The number of aromatic carboxylic acids is 1. The summed E-state index contributed by atoms with van der Waals surface area (Å²) in [6.07, 6.45) is 0. The largest absolute Gasteiger partial charge is 0.477 e. The lowest BCUT2D eigenvalue weighted by atomic mass is 10.2. The summed E-state index contributed by atoms with van der Waals surface area (Å²) in [4.78, 5) is 28.8. The van der Waals surface area contributed by atoms with Gasteiger partial charge in [0.25, 0.3) is 5.91 Å². The van der Waals surface area contributed by atoms with Gasteiger partial charge in [0.1, 0.15) is 11.3 Å². The van der Waals surface area contributed by atoms with Crippen molar-refractivity contribution in [2.24, 2.45) is 0 Å². The number of hydrogen-bond acceptors (Lipinski definition) is 4. The van der Waals surface area contributed by atoms with E-state index in [1.54, 1.807) is 24.3 Å². The SMILES string of the molecule is CCN(CC)c1ccc2cc(C(=O)Nc3ccc4[nH]c(C(=O)O)cc4c3)oc2c1. The zero-order valence-electron chi connectivity index (χ0n) is 16.2. The molecular weight excluding hydrogens is 370 g/mol. The second kappa shape index (κ2) is 7.35. The number of benzene rings is 2. The first-order chi connectivity index (χ1) is 14.0. The number of fused-ring (bicyclic) bond motifs is 2. The number of aromatic amines is 1. The molecule has 7 nitrogen and oxygen atoms in total. The average molecular weight is 391 g/mol. The van der Waals surface area contributed by atoms with Crippen molar-refractivity contribution >= 4 is 45.1 Å². The number of nitrogens with zero attached hydrogens (tertiary/aromatic N) is 1. The van der Waals surface area contributed by atoms with Crippen molar-refractivity contribution in [3.8, 4) is 0 Å². The number of furan rings is 1. The van der Waals surface area contributed by atoms with Crippen molar-refractivity contribution in [3.05, 3.63) is 60.0 Å². The third-order valence-electron chi connectivity index (χ3n) is 4.97. The molecule has 7 heteroatoms. The normalized spacial score (nSPS) is 11.1. The molecule has 0 atom stereocenters. The summed E-state index contributed by atoms with van der Waals surface area (Å²) < 4.78 is 5.78. The maximum absolute atomic E-state index is 12.6. The second-order valence-corrected chi connectivity index (χ2v) is 6.75. The van der Waals surface area contributed by atoms with Crippen molar-refractivity contribution in [2.75, 3.05) is 23.3 Å². The number of carboxylic acid groups (broad SMARTS) is 1. The third-order valence-corrected chi connectivity index (χ3v) is 4.97. The Bertz CT molecular complexity index is 1220. The molecule has 0 saturated carbocycles. The van der Waals surface area contributed by atoms with Gasteiger partial charge in [-0.05, 0) is 56.3 Å². The van der Waals surface area contributed by atoms with E-state index < -0.39 is 5.97 Å². The maximum Gasteiger partial charge on any atom is 0.352 e. The van der Waals surface area contributed by atoms with E-state index in [0.29, 0.717) is 22.2 Å². The summed E-state index contributed by atoms with van der Waals surface area (Å²) in [6.45, 7) is 5.97. The Labute approximate surface area is 166 Å². The highest BCUT2D eigenvalue weighted by atomic mass is 16.4. The molecule has 29 heavy (non-hydrogen) atoms. The van der Waals surface area contributed by atoms with Crippen LogP contribution in [0.3, 0.4) is 0 Å². The Morgan fingerprint density at radius 2 is 1.83 bits per heavy atom. The molecule has 3 N–H and O–H groups in total. The van der Waals surface area contributed by atoms with Crippen LogP contribution in [-0.4, -0.2) is 35.1 Å². The monoisotopic (exact) mass is 391 g/mol. The molecule has 0 bridgehead atoms. The molecule has 0 spiro atoms. The smallest absolute Gasteiger partial charge is 0.352 e. The Morgan fingerprint density at radius 1 is 1.03 bits per heavy atom. The van der Waals surface area contributed by atoms with E-state index in [4.69, 9.17) is 9.52 Å². The Morgan fingerprint density at radius 3 is 2.55 bits per heavy atom. The van der Waals surface area contributed by atoms with Crippen LogP contribution in [0.4, 0.5) is 11.4 Å². The van der Waals surface area contributed by atoms with Crippen LogP contribution >= 0.6 is 0 Å². The Kier molecular flexibility index (Phi) is 4.72. The van der Waals surface area contributed by atoms with Gasteiger partial charge in [-0.3, -0.25) is 4.79 Å². The van der Waals surface area contributed by atoms with Crippen LogP contribution in [0, 0.1) is 0 Å². The lowest BCUT2D eigenvalue weighted by Crippen LogP contribution is -2.21. The minimum Gasteiger partial charge on any atom is -0.477 e. The lowest BCUT2D eigenvalue weighted by molar-refractivity contribution is 0.0691. The molecule has 0 radical (unpaired) electrons. The lowest BCUT2D eigenvalue weighted by Gasteiger charge is -2.20. The number of anilines is 2. The van der Waals surface area contributed by atoms with Crippen LogP contribution in [0.15, 0.2) is 52.9 Å². The summed E-state index contributed by atoms with van der Waals surface area (Å²) >= 11 is 0. The fourth-order valence-corrected chi connectivity index (χ4v) is 3.44. The number of rotatable bonds is 6. The summed E-state index contributed by atoms with van der Waals surface area (Å²) in [6, 6.07) is 14.3. The molecule has 4 rings (SSSR count). The van der Waals surface area contributed by atoms with Gasteiger partial charge in [0.05, 0.1) is 0 Å². The summed E-state index contributed by atoms with van der Waals surface area (Å²) in [5.74, 6) is -1.17. The predicted molar refractivity (Wildman–Crippen MR) is 113 cm³/mol. The molecular formula is C22H21N3O4. The van der Waals surface area contributed by atoms with Crippen molar-refractivity contribution in [1.82, 2.24) is 4.98 Å². The number of hydrogen-bond donors (Lipinski definition) is 3. The van der Waals surface area contributed by atoms with E-state index in [1.165, 1.54) is 6.07 Å². The number of carbonyl (C=O) groups excluding carboxylic acids is 1. The summed E-state index contributed by atoms with van der Waals surface area (Å²) in [7, 11) is 0. The molecule has 4 aromatic rings. The highest BCUT2D eigenvalue weighted by Crippen LogP contribution is 2.26. The molecule has 0 aliphatic heterocycles. The molecule has 0 saturated heterocycles. The van der Waals surface area contributed by atoms with E-state index in [0.717, 1.165) is 24.2 Å². The minimum absolute atomic E-state index is 0.102. The quantitative estimate of drug-likeness (QED) is 0.442. The van der Waals surface area contributed by atoms with E-state index in [2.05, 4.69) is 29.0 Å². The number of carboxylic acids is 1. The molecule has 2 heterocycles. The van der Waals surface area contributed by atoms with E-state index in [9.17, 15) is 9.59 Å². The number of amides is 1. The molecule has 148 valence electrons. The molecule has 1 amide bonds. The van der Waals surface area contributed by atoms with Crippen LogP contribution in [0.1, 0.15) is 34.9 Å². The first-order valence-electron chi connectivity index (χ1n) is 9.44. The van der Waals surface area contributed by atoms with Crippen LogP contribution < -0.4 is 10.2 Å². The Balaban J connectivity index is 1.58. The van der Waals surface area contributed by atoms with Crippen LogP contribution in [-0.2, 0) is 0 Å². The number of nitrogens with one attached hydrogen (secondary N) is 2. The molecule has 0 aliphatic carbocycles. The fraction of sp³-hybridized carbons (Fsp3) is 0.182. The van der Waals surface area contributed by atoms with Gasteiger partial charge in [-0.2, -0.15) is 0 Å². The van der Waals surface area contributed by atoms with Crippen molar-refractivity contribution in [1.29, 1.82) is 0 Å². The zero-order chi connectivity index (χ0) is 20.5. The molecule has 0 aliphatic rings. The van der Waals surface area contributed by atoms with E-state index in [1.807, 2.05) is 18.2 Å². The maximum atomic E-state index is 12.6. The van der Waals surface area contributed by atoms with E-state index >= 15 is 0 Å². The minimum atomic E-state index is -1.03. The predicted octanol–water partition coefficient (Wildman–Crippen LogP) is 4.71. The van der Waals surface area contributed by atoms with Gasteiger partial charge in [-0.1, -0.05) is 0 Å². The van der Waals surface area contributed by atoms with Gasteiger partial charge in [0, 0.05) is 46.8 Å². The first kappa shape index (κ1) is 18.6. The third kappa shape index (κ3) is 3.54. The highest BCUT2D eigenvalue weighted by Gasteiger charge is 2.15. The summed E-state index contributed by atoms with van der Waals surface area (Å²) in [5.41, 5.74) is 3.06. The standard InChI is InChI=1S/C22H21N3O4/c1-3-25(4-2)16-7-5-13-11-20(29-19(13)12-16)21(26)23-15-6-8-17-14(9-15)10-18(24-17)22(27)28/h5-12,24H,3-4H2,1-2H3,(H,23,26)(H,27,28). The first-order valence-corrected chi connectivity index (χ1v) is 9.44. The van der Waals surface area contributed by atoms with Crippen LogP contribution in [0.2, 0.25) is 0 Å². The zero-order valence-corrected chi connectivity index (χ0v) is 16.2. The van der Waals surface area contributed by atoms with Crippen LogP contribution in [0.5, 0.6) is 0 Å². The molecule has 2 aromatic heterocycles. The average Bonchev–Trinajstić information content (AvgIpc) is 3.32. The van der Waals surface area contributed by atoms with Gasteiger partial charge in [-0.15, -0.1) is 0 Å². The van der Waals surface area contributed by atoms with Gasteiger partial charge in [-0.25, -0.2) is 4.79 Å². The molecule has 2 aromatic carbocycles.